The zero-order valence-electron chi connectivity index (χ0n) is 8.90. The van der Waals surface area contributed by atoms with Crippen LogP contribution in [0.1, 0.15) is 16.8 Å². The van der Waals surface area contributed by atoms with E-state index in [9.17, 15) is 0 Å². The van der Waals surface area contributed by atoms with Crippen molar-refractivity contribution in [1.29, 1.82) is 0 Å². The van der Waals surface area contributed by atoms with E-state index in [4.69, 9.17) is 0 Å². The first-order valence-electron chi connectivity index (χ1n) is 4.95. The van der Waals surface area contributed by atoms with Gasteiger partial charge < -0.3 is 5.32 Å². The standard InChI is InChI=1S/C10H14N4S/c1-3-14-7-9(4-13-14)12-6-10-5-11-8(2)15-10/h4-5,7,12H,3,6H2,1-2H3. The van der Waals surface area contributed by atoms with Gasteiger partial charge in [-0.3, -0.25) is 4.68 Å². The molecule has 0 fully saturated rings. The minimum absolute atomic E-state index is 0.820. The fourth-order valence-corrected chi connectivity index (χ4v) is 2.04. The number of aryl methyl sites for hydroxylation is 2. The summed E-state index contributed by atoms with van der Waals surface area (Å²) in [7, 11) is 0. The van der Waals surface area contributed by atoms with Gasteiger partial charge in [0.1, 0.15) is 0 Å². The van der Waals surface area contributed by atoms with Crippen LogP contribution in [-0.4, -0.2) is 14.8 Å². The smallest absolute Gasteiger partial charge is 0.0897 e. The third-order valence-electron chi connectivity index (χ3n) is 2.09. The maximum atomic E-state index is 4.21. The molecule has 0 unspecified atom stereocenters. The average Bonchev–Trinajstić information content (AvgIpc) is 2.83. The third-order valence-corrected chi connectivity index (χ3v) is 3.01. The Hall–Kier alpha value is -1.36. The Kier molecular flexibility index (Phi) is 3.01. The van der Waals surface area contributed by atoms with Crippen molar-refractivity contribution >= 4 is 17.0 Å². The topological polar surface area (TPSA) is 42.7 Å². The minimum atomic E-state index is 0.820. The molecule has 1 N–H and O–H groups in total. The summed E-state index contributed by atoms with van der Waals surface area (Å²) in [6, 6.07) is 0. The van der Waals surface area contributed by atoms with Gasteiger partial charge in [-0.1, -0.05) is 0 Å². The summed E-state index contributed by atoms with van der Waals surface area (Å²) >= 11 is 1.72. The first-order valence-corrected chi connectivity index (χ1v) is 5.77. The van der Waals surface area contributed by atoms with Crippen molar-refractivity contribution in [3.05, 3.63) is 28.5 Å². The number of hydrogen-bond acceptors (Lipinski definition) is 4. The van der Waals surface area contributed by atoms with Gasteiger partial charge in [-0.05, 0) is 13.8 Å². The Morgan fingerprint density at radius 3 is 2.93 bits per heavy atom. The number of hydrogen-bond donors (Lipinski definition) is 1. The second-order valence-corrected chi connectivity index (χ2v) is 4.60. The molecule has 2 heterocycles. The van der Waals surface area contributed by atoms with E-state index in [0.29, 0.717) is 0 Å². The van der Waals surface area contributed by atoms with E-state index in [1.807, 2.05) is 30.2 Å². The van der Waals surface area contributed by atoms with Crippen LogP contribution in [-0.2, 0) is 13.1 Å². The van der Waals surface area contributed by atoms with Gasteiger partial charge in [0.15, 0.2) is 0 Å². The lowest BCUT2D eigenvalue weighted by atomic mass is 10.5. The zero-order chi connectivity index (χ0) is 10.7. The molecule has 2 aromatic rings. The van der Waals surface area contributed by atoms with E-state index < -0.39 is 0 Å². The van der Waals surface area contributed by atoms with Gasteiger partial charge in [-0.25, -0.2) is 4.98 Å². The molecule has 0 aliphatic carbocycles. The molecular weight excluding hydrogens is 208 g/mol. The molecule has 15 heavy (non-hydrogen) atoms. The molecule has 0 aromatic carbocycles. The van der Waals surface area contributed by atoms with Crippen LogP contribution in [0, 0.1) is 6.92 Å². The van der Waals surface area contributed by atoms with Crippen LogP contribution in [0.5, 0.6) is 0 Å². The van der Waals surface area contributed by atoms with E-state index in [2.05, 4.69) is 22.3 Å². The van der Waals surface area contributed by atoms with Crippen molar-refractivity contribution in [1.82, 2.24) is 14.8 Å². The molecule has 0 radical (unpaired) electrons. The Labute approximate surface area is 93.0 Å². The number of nitrogens with zero attached hydrogens (tertiary/aromatic N) is 3. The monoisotopic (exact) mass is 222 g/mol. The highest BCUT2D eigenvalue weighted by molar-refractivity contribution is 7.11. The maximum Gasteiger partial charge on any atom is 0.0897 e. The van der Waals surface area contributed by atoms with Crippen molar-refractivity contribution < 1.29 is 0 Å². The Morgan fingerprint density at radius 2 is 2.33 bits per heavy atom. The first-order chi connectivity index (χ1) is 7.28. The van der Waals surface area contributed by atoms with Crippen LogP contribution < -0.4 is 5.32 Å². The second kappa shape index (κ2) is 4.44. The summed E-state index contributed by atoms with van der Waals surface area (Å²) < 4.78 is 1.90. The highest BCUT2D eigenvalue weighted by Gasteiger charge is 1.99. The Morgan fingerprint density at radius 1 is 1.47 bits per heavy atom. The molecule has 0 bridgehead atoms. The van der Waals surface area contributed by atoms with E-state index in [1.165, 1.54) is 4.88 Å². The fraction of sp³-hybridized carbons (Fsp3) is 0.400. The summed E-state index contributed by atoms with van der Waals surface area (Å²) in [4.78, 5) is 5.45. The molecule has 0 spiro atoms. The predicted octanol–water partition coefficient (Wildman–Crippen LogP) is 2.28. The van der Waals surface area contributed by atoms with Crippen LogP contribution in [0.25, 0.3) is 0 Å². The quantitative estimate of drug-likeness (QED) is 0.863. The number of thiazole rings is 1. The third kappa shape index (κ3) is 2.56. The molecule has 4 nitrogen and oxygen atoms in total. The van der Waals surface area contributed by atoms with Crippen LogP contribution in [0.4, 0.5) is 5.69 Å². The van der Waals surface area contributed by atoms with Gasteiger partial charge in [0.25, 0.3) is 0 Å². The predicted molar refractivity (Wildman–Crippen MR) is 62.1 cm³/mol. The average molecular weight is 222 g/mol. The zero-order valence-corrected chi connectivity index (χ0v) is 9.71. The molecule has 2 aromatic heterocycles. The number of nitrogens with one attached hydrogen (secondary N) is 1. The van der Waals surface area contributed by atoms with Crippen molar-refractivity contribution in [3.63, 3.8) is 0 Å². The summed E-state index contributed by atoms with van der Waals surface area (Å²) in [5.41, 5.74) is 1.06. The van der Waals surface area contributed by atoms with E-state index >= 15 is 0 Å². The summed E-state index contributed by atoms with van der Waals surface area (Å²) in [5, 5.41) is 8.62. The van der Waals surface area contributed by atoms with Gasteiger partial charge in [-0.15, -0.1) is 11.3 Å². The van der Waals surface area contributed by atoms with Crippen LogP contribution in [0.3, 0.4) is 0 Å². The SMILES string of the molecule is CCn1cc(NCc2cnc(C)s2)cn1. The first kappa shape index (κ1) is 10.2. The normalized spacial score (nSPS) is 10.5. The lowest BCUT2D eigenvalue weighted by Gasteiger charge is -1.99. The van der Waals surface area contributed by atoms with E-state index in [-0.39, 0.29) is 0 Å². The molecule has 0 saturated heterocycles. The van der Waals surface area contributed by atoms with Crippen LogP contribution in [0.2, 0.25) is 0 Å². The molecule has 0 amide bonds. The van der Waals surface area contributed by atoms with Crippen molar-refractivity contribution in [2.24, 2.45) is 0 Å². The van der Waals surface area contributed by atoms with Gasteiger partial charge in [0.05, 0.1) is 23.4 Å². The van der Waals surface area contributed by atoms with E-state index in [0.717, 1.165) is 23.8 Å². The lowest BCUT2D eigenvalue weighted by Crippen LogP contribution is -1.96. The molecule has 0 aliphatic heterocycles. The van der Waals surface area contributed by atoms with E-state index in [1.54, 1.807) is 11.3 Å². The largest absolute Gasteiger partial charge is 0.378 e. The molecular formula is C10H14N4S. The highest BCUT2D eigenvalue weighted by Crippen LogP contribution is 2.13. The van der Waals surface area contributed by atoms with Gasteiger partial charge in [-0.2, -0.15) is 5.10 Å². The molecule has 80 valence electrons. The van der Waals surface area contributed by atoms with Crippen molar-refractivity contribution in [2.75, 3.05) is 5.32 Å². The summed E-state index contributed by atoms with van der Waals surface area (Å²) in [5.74, 6) is 0. The van der Waals surface area contributed by atoms with Crippen molar-refractivity contribution in [3.8, 4) is 0 Å². The number of rotatable bonds is 4. The number of aromatic nitrogens is 3. The second-order valence-electron chi connectivity index (χ2n) is 3.28. The fourth-order valence-electron chi connectivity index (χ4n) is 1.30. The minimum Gasteiger partial charge on any atom is -0.378 e. The Balaban J connectivity index is 1.93. The molecule has 0 atom stereocenters. The van der Waals surface area contributed by atoms with Gasteiger partial charge in [0.2, 0.25) is 0 Å². The van der Waals surface area contributed by atoms with Crippen molar-refractivity contribution in [2.45, 2.75) is 26.9 Å². The lowest BCUT2D eigenvalue weighted by molar-refractivity contribution is 0.660. The van der Waals surface area contributed by atoms with Gasteiger partial charge >= 0.3 is 0 Å². The Bertz CT molecular complexity index is 432. The highest BCUT2D eigenvalue weighted by atomic mass is 32.1. The molecule has 0 saturated carbocycles. The molecule has 2 rings (SSSR count). The molecule has 5 heteroatoms. The van der Waals surface area contributed by atoms with Crippen LogP contribution in [0.15, 0.2) is 18.6 Å². The van der Waals surface area contributed by atoms with Gasteiger partial charge in [0, 0.05) is 23.8 Å². The maximum absolute atomic E-state index is 4.21. The number of anilines is 1. The summed E-state index contributed by atoms with van der Waals surface area (Å²) in [6.45, 7) is 5.81. The summed E-state index contributed by atoms with van der Waals surface area (Å²) in [6.07, 6.45) is 5.77. The molecule has 0 aliphatic rings. The van der Waals surface area contributed by atoms with Crippen LogP contribution >= 0.6 is 11.3 Å².